The van der Waals surface area contributed by atoms with Gasteiger partial charge in [0.25, 0.3) is 0 Å². The van der Waals surface area contributed by atoms with Crippen molar-refractivity contribution in [2.24, 2.45) is 0 Å². The van der Waals surface area contributed by atoms with Crippen molar-refractivity contribution in [2.45, 2.75) is 60.2 Å². The van der Waals surface area contributed by atoms with Gasteiger partial charge in [-0.1, -0.05) is 42.0 Å². The Balaban J connectivity index is 2.51. The van der Waals surface area contributed by atoms with E-state index in [0.29, 0.717) is 5.69 Å². The summed E-state index contributed by atoms with van der Waals surface area (Å²) < 4.78 is 28.8. The molecule has 192 valence electrons. The van der Waals surface area contributed by atoms with Crippen LogP contribution in [0.15, 0.2) is 42.5 Å². The molecule has 2 rings (SSSR count). The molecular weight excluding hydrogens is 464 g/mol. The van der Waals surface area contributed by atoms with Crippen LogP contribution in [0.1, 0.15) is 43.0 Å². The van der Waals surface area contributed by atoms with Crippen molar-refractivity contribution in [1.82, 2.24) is 14.5 Å². The number of aryl methyl sites for hydroxylation is 3. The third kappa shape index (κ3) is 7.29. The molecule has 0 aromatic heterocycles. The third-order valence-corrected chi connectivity index (χ3v) is 7.49. The molecule has 0 radical (unpaired) electrons. The molecule has 0 unspecified atom stereocenters. The van der Waals surface area contributed by atoms with E-state index in [-0.39, 0.29) is 18.5 Å². The number of carbonyl (C=O) groups excluding carboxylic acids is 2. The monoisotopic (exact) mass is 502 g/mol. The van der Waals surface area contributed by atoms with Crippen LogP contribution in [0, 0.1) is 20.8 Å². The maximum atomic E-state index is 13.7. The Hall–Kier alpha value is -2.91. The molecule has 1 N–H and O–H groups in total. The van der Waals surface area contributed by atoms with Gasteiger partial charge in [-0.2, -0.15) is 12.7 Å². The smallest absolute Gasteiger partial charge is 0.304 e. The van der Waals surface area contributed by atoms with E-state index in [1.165, 1.54) is 19.0 Å². The second kappa shape index (κ2) is 11.7. The van der Waals surface area contributed by atoms with Crippen molar-refractivity contribution >= 4 is 27.7 Å². The number of amides is 2. The van der Waals surface area contributed by atoms with Crippen molar-refractivity contribution < 1.29 is 18.0 Å². The predicted molar refractivity (Wildman–Crippen MR) is 140 cm³/mol. The number of rotatable bonds is 10. The summed E-state index contributed by atoms with van der Waals surface area (Å²) >= 11 is 0. The van der Waals surface area contributed by atoms with E-state index in [1.807, 2.05) is 64.1 Å². The summed E-state index contributed by atoms with van der Waals surface area (Å²) in [5.74, 6) is -0.765. The quantitative estimate of drug-likeness (QED) is 0.540. The topological polar surface area (TPSA) is 90.0 Å². The molecule has 0 heterocycles. The molecule has 0 spiro atoms. The van der Waals surface area contributed by atoms with Crippen molar-refractivity contribution in [3.8, 4) is 0 Å². The molecule has 0 saturated heterocycles. The number of anilines is 1. The Labute approximate surface area is 210 Å². The third-order valence-electron chi connectivity index (χ3n) is 5.69. The zero-order chi connectivity index (χ0) is 26.5. The molecule has 0 aliphatic rings. The Morgan fingerprint density at radius 1 is 0.943 bits per heavy atom. The van der Waals surface area contributed by atoms with Gasteiger partial charge in [0, 0.05) is 26.7 Å². The van der Waals surface area contributed by atoms with Crippen LogP contribution in [-0.2, 0) is 26.3 Å². The second-order valence-electron chi connectivity index (χ2n) is 9.44. The summed E-state index contributed by atoms with van der Waals surface area (Å²) in [5, 5.41) is 2.85. The zero-order valence-corrected chi connectivity index (χ0v) is 22.8. The van der Waals surface area contributed by atoms with Gasteiger partial charge < -0.3 is 10.2 Å². The van der Waals surface area contributed by atoms with E-state index >= 15 is 0 Å². The maximum Gasteiger partial charge on any atom is 0.304 e. The summed E-state index contributed by atoms with van der Waals surface area (Å²) in [5.41, 5.74) is 3.92. The van der Waals surface area contributed by atoms with Crippen LogP contribution in [0.25, 0.3) is 0 Å². The van der Waals surface area contributed by atoms with E-state index in [9.17, 15) is 18.0 Å². The average Bonchev–Trinajstić information content (AvgIpc) is 2.76. The highest BCUT2D eigenvalue weighted by Crippen LogP contribution is 2.26. The fourth-order valence-electron chi connectivity index (χ4n) is 3.68. The molecule has 2 amide bonds. The van der Waals surface area contributed by atoms with Crippen molar-refractivity contribution in [3.05, 3.63) is 64.7 Å². The minimum Gasteiger partial charge on any atom is -0.352 e. The molecule has 0 saturated carbocycles. The molecule has 9 heteroatoms. The lowest BCUT2D eigenvalue weighted by atomic mass is 10.1. The van der Waals surface area contributed by atoms with Gasteiger partial charge in [0.1, 0.15) is 12.6 Å². The molecule has 2 aromatic rings. The van der Waals surface area contributed by atoms with Gasteiger partial charge in [0.15, 0.2) is 0 Å². The average molecular weight is 503 g/mol. The lowest BCUT2D eigenvalue weighted by Crippen LogP contribution is -2.53. The number of nitrogens with zero attached hydrogens (tertiary/aromatic N) is 3. The fraction of sp³-hybridized carbons (Fsp3) is 0.462. The first-order valence-electron chi connectivity index (χ1n) is 11.7. The minimum absolute atomic E-state index is 0.0959. The summed E-state index contributed by atoms with van der Waals surface area (Å²) in [4.78, 5) is 28.0. The molecule has 8 nitrogen and oxygen atoms in total. The summed E-state index contributed by atoms with van der Waals surface area (Å²) in [6, 6.07) is 12.3. The van der Waals surface area contributed by atoms with Crippen LogP contribution < -0.4 is 9.62 Å². The van der Waals surface area contributed by atoms with E-state index in [0.717, 1.165) is 30.9 Å². The SMILES string of the molecule is Cc1cccc(CN(C(=O)CN(c2cc(C)ccc2C)S(=O)(=O)N(C)C)[C@@H](C)C(=O)NC(C)C)c1. The van der Waals surface area contributed by atoms with Crippen LogP contribution in [0.3, 0.4) is 0 Å². The molecular formula is C26H38N4O4S. The van der Waals surface area contributed by atoms with E-state index < -0.39 is 28.7 Å². The Bertz CT molecular complexity index is 1160. The Morgan fingerprint density at radius 3 is 2.14 bits per heavy atom. The van der Waals surface area contributed by atoms with E-state index in [2.05, 4.69) is 5.32 Å². The lowest BCUT2D eigenvalue weighted by Gasteiger charge is -2.33. The van der Waals surface area contributed by atoms with Crippen LogP contribution in [0.5, 0.6) is 0 Å². The number of hydrogen-bond donors (Lipinski definition) is 1. The molecule has 35 heavy (non-hydrogen) atoms. The van der Waals surface area contributed by atoms with Crippen LogP contribution in [-0.4, -0.2) is 62.2 Å². The largest absolute Gasteiger partial charge is 0.352 e. The second-order valence-corrected chi connectivity index (χ2v) is 11.5. The molecule has 2 aromatic carbocycles. The first-order valence-corrected chi connectivity index (χ1v) is 13.1. The standard InChI is InChI=1S/C26H38N4O4S/c1-18(2)27-26(32)22(6)29(16-23-11-9-10-19(3)14-23)25(31)17-30(35(33,34)28(7)8)24-15-20(4)12-13-21(24)5/h9-15,18,22H,16-17H2,1-8H3,(H,27,32)/t22-/m0/s1. The molecule has 1 atom stereocenters. The van der Waals surface area contributed by atoms with Gasteiger partial charge in [0.2, 0.25) is 11.8 Å². The normalized spacial score (nSPS) is 12.5. The van der Waals surface area contributed by atoms with Gasteiger partial charge in [0.05, 0.1) is 5.69 Å². The molecule has 0 bridgehead atoms. The van der Waals surface area contributed by atoms with Crippen LogP contribution in [0.4, 0.5) is 5.69 Å². The molecule has 0 aliphatic heterocycles. The van der Waals surface area contributed by atoms with Crippen molar-refractivity contribution in [1.29, 1.82) is 0 Å². The lowest BCUT2D eigenvalue weighted by molar-refractivity contribution is -0.139. The zero-order valence-electron chi connectivity index (χ0n) is 22.0. The van der Waals surface area contributed by atoms with Gasteiger partial charge in [-0.25, -0.2) is 4.31 Å². The van der Waals surface area contributed by atoms with Gasteiger partial charge in [-0.05, 0) is 64.3 Å². The number of carbonyl (C=O) groups is 2. The molecule has 0 aliphatic carbocycles. The molecule has 0 fully saturated rings. The first kappa shape index (κ1) is 28.3. The van der Waals surface area contributed by atoms with Crippen LogP contribution >= 0.6 is 0 Å². The van der Waals surface area contributed by atoms with E-state index in [1.54, 1.807) is 19.9 Å². The minimum atomic E-state index is -3.99. The fourth-order valence-corrected chi connectivity index (χ4v) is 4.80. The first-order chi connectivity index (χ1) is 16.2. The number of nitrogens with one attached hydrogen (secondary N) is 1. The number of benzene rings is 2. The highest BCUT2D eigenvalue weighted by molar-refractivity contribution is 7.90. The predicted octanol–water partition coefficient (Wildman–Crippen LogP) is 3.17. The number of hydrogen-bond acceptors (Lipinski definition) is 4. The highest BCUT2D eigenvalue weighted by atomic mass is 32.2. The Morgan fingerprint density at radius 2 is 1.57 bits per heavy atom. The summed E-state index contributed by atoms with van der Waals surface area (Å²) in [6.45, 7) is 10.7. The van der Waals surface area contributed by atoms with Crippen molar-refractivity contribution in [2.75, 3.05) is 24.9 Å². The van der Waals surface area contributed by atoms with Gasteiger partial charge in [-0.15, -0.1) is 0 Å². The van der Waals surface area contributed by atoms with Crippen LogP contribution in [0.2, 0.25) is 0 Å². The van der Waals surface area contributed by atoms with Crippen molar-refractivity contribution in [3.63, 3.8) is 0 Å². The van der Waals surface area contributed by atoms with E-state index in [4.69, 9.17) is 0 Å². The van der Waals surface area contributed by atoms with Gasteiger partial charge in [-0.3, -0.25) is 9.59 Å². The van der Waals surface area contributed by atoms with Gasteiger partial charge >= 0.3 is 10.2 Å². The summed E-state index contributed by atoms with van der Waals surface area (Å²) in [6.07, 6.45) is 0. The Kier molecular flexibility index (Phi) is 9.45. The maximum absolute atomic E-state index is 13.7. The summed E-state index contributed by atoms with van der Waals surface area (Å²) in [7, 11) is -1.12. The highest BCUT2D eigenvalue weighted by Gasteiger charge is 2.33.